The Morgan fingerprint density at radius 2 is 2.14 bits per heavy atom. The van der Waals surface area contributed by atoms with Gasteiger partial charge < -0.3 is 5.32 Å². The van der Waals surface area contributed by atoms with Gasteiger partial charge in [0.05, 0.1) is 11.6 Å². The second-order valence-corrected chi connectivity index (χ2v) is 6.36. The monoisotopic (exact) mass is 384 g/mol. The summed E-state index contributed by atoms with van der Waals surface area (Å²) in [7, 11) is 0. The number of alkyl halides is 3. The smallest absolute Gasteiger partial charge is 0.323 e. The molecule has 0 bridgehead atoms. The molecule has 3 nitrogen and oxygen atoms in total. The van der Waals surface area contributed by atoms with Crippen LogP contribution in [0.25, 0.3) is 0 Å². The van der Waals surface area contributed by atoms with Crippen molar-refractivity contribution in [3.05, 3.63) is 21.9 Å². The van der Waals surface area contributed by atoms with Crippen LogP contribution in [-0.2, 0) is 4.79 Å². The van der Waals surface area contributed by atoms with Gasteiger partial charge in [-0.25, -0.2) is 4.98 Å². The van der Waals surface area contributed by atoms with Crippen LogP contribution in [0.5, 0.6) is 0 Å². The fraction of sp³-hybridized carbons (Fsp3) is 0.538. The Morgan fingerprint density at radius 3 is 2.81 bits per heavy atom. The highest BCUT2D eigenvalue weighted by Gasteiger charge is 2.43. The molecule has 8 heteroatoms. The summed E-state index contributed by atoms with van der Waals surface area (Å²) in [6.07, 6.45) is -2.00. The number of amides is 1. The van der Waals surface area contributed by atoms with E-state index in [0.717, 1.165) is 0 Å². The molecule has 1 aromatic rings. The first kappa shape index (κ1) is 16.5. The van der Waals surface area contributed by atoms with Crippen LogP contribution in [0.3, 0.4) is 0 Å². The molecule has 1 aromatic heterocycles. The fourth-order valence-electron chi connectivity index (χ4n) is 2.47. The molecule has 2 atom stereocenters. The predicted molar refractivity (Wildman–Crippen MR) is 77.1 cm³/mol. The van der Waals surface area contributed by atoms with Crippen molar-refractivity contribution in [2.75, 3.05) is 5.32 Å². The van der Waals surface area contributed by atoms with Crippen molar-refractivity contribution in [1.82, 2.24) is 4.98 Å². The molecular weight excluding hydrogens is 373 g/mol. The molecule has 1 heterocycles. The van der Waals surface area contributed by atoms with Gasteiger partial charge in [0.25, 0.3) is 0 Å². The van der Waals surface area contributed by atoms with Crippen molar-refractivity contribution in [3.63, 3.8) is 0 Å². The van der Waals surface area contributed by atoms with Crippen LogP contribution in [-0.4, -0.2) is 17.1 Å². The third-order valence-corrected chi connectivity index (χ3v) is 4.31. The zero-order valence-corrected chi connectivity index (χ0v) is 13.2. The van der Waals surface area contributed by atoms with Crippen LogP contribution >= 0.6 is 27.5 Å². The second-order valence-electron chi connectivity index (χ2n) is 5.08. The molecule has 21 heavy (non-hydrogen) atoms. The summed E-state index contributed by atoms with van der Waals surface area (Å²) < 4.78 is 38.9. The first-order valence-electron chi connectivity index (χ1n) is 6.46. The van der Waals surface area contributed by atoms with E-state index in [4.69, 9.17) is 11.6 Å². The average molecular weight is 386 g/mol. The number of rotatable bonds is 2. The summed E-state index contributed by atoms with van der Waals surface area (Å²) >= 11 is 9.05. The molecule has 0 aromatic carbocycles. The molecule has 2 unspecified atom stereocenters. The minimum absolute atomic E-state index is 0.0898. The lowest BCUT2D eigenvalue weighted by Gasteiger charge is -2.29. The Kier molecular flexibility index (Phi) is 5.14. The van der Waals surface area contributed by atoms with Crippen LogP contribution in [0.15, 0.2) is 16.7 Å². The summed E-state index contributed by atoms with van der Waals surface area (Å²) in [6, 6.07) is 1.57. The molecule has 1 aliphatic carbocycles. The van der Waals surface area contributed by atoms with Crippen molar-refractivity contribution >= 4 is 39.1 Å². The van der Waals surface area contributed by atoms with E-state index in [1.807, 2.05) is 0 Å². The number of carbonyl (C=O) groups excluding carboxylic acids is 1. The molecule has 0 saturated heterocycles. The Bertz CT molecular complexity index is 539. The first-order valence-corrected chi connectivity index (χ1v) is 7.63. The largest absolute Gasteiger partial charge is 0.391 e. The van der Waals surface area contributed by atoms with Crippen LogP contribution < -0.4 is 5.32 Å². The molecule has 116 valence electrons. The lowest BCUT2D eigenvalue weighted by molar-refractivity contribution is -0.185. The van der Waals surface area contributed by atoms with E-state index < -0.39 is 23.9 Å². The maximum absolute atomic E-state index is 12.8. The van der Waals surface area contributed by atoms with Gasteiger partial charge in [-0.2, -0.15) is 13.2 Å². The van der Waals surface area contributed by atoms with Crippen LogP contribution in [0.4, 0.5) is 18.9 Å². The van der Waals surface area contributed by atoms with Gasteiger partial charge in [-0.1, -0.05) is 18.0 Å². The van der Waals surface area contributed by atoms with Crippen LogP contribution in [0.1, 0.15) is 25.7 Å². The number of hydrogen-bond donors (Lipinski definition) is 1. The molecule has 0 aliphatic heterocycles. The van der Waals surface area contributed by atoms with Gasteiger partial charge in [-0.3, -0.25) is 4.79 Å². The van der Waals surface area contributed by atoms with Crippen molar-refractivity contribution in [2.45, 2.75) is 31.9 Å². The van der Waals surface area contributed by atoms with E-state index in [1.54, 1.807) is 6.07 Å². The fourth-order valence-corrected chi connectivity index (χ4v) is 2.95. The third kappa shape index (κ3) is 4.32. The molecule has 1 fully saturated rings. The summed E-state index contributed by atoms with van der Waals surface area (Å²) in [5.74, 6) is -2.50. The zero-order chi connectivity index (χ0) is 15.6. The van der Waals surface area contributed by atoms with E-state index in [9.17, 15) is 18.0 Å². The lowest BCUT2D eigenvalue weighted by atomic mass is 9.80. The van der Waals surface area contributed by atoms with Crippen molar-refractivity contribution < 1.29 is 18.0 Å². The minimum Gasteiger partial charge on any atom is -0.323 e. The lowest BCUT2D eigenvalue weighted by Crippen LogP contribution is -2.34. The number of nitrogens with one attached hydrogen (secondary N) is 1. The second kappa shape index (κ2) is 6.52. The van der Waals surface area contributed by atoms with Gasteiger partial charge in [0.2, 0.25) is 5.91 Å². The highest BCUT2D eigenvalue weighted by molar-refractivity contribution is 9.10. The van der Waals surface area contributed by atoms with Gasteiger partial charge >= 0.3 is 6.18 Å². The normalized spacial score (nSPS) is 22.9. The maximum atomic E-state index is 12.8. The molecule has 1 saturated carbocycles. The minimum atomic E-state index is -4.24. The van der Waals surface area contributed by atoms with Gasteiger partial charge in [-0.05, 0) is 41.3 Å². The summed E-state index contributed by atoms with van der Waals surface area (Å²) in [5, 5.41) is 2.67. The molecular formula is C13H13BrClF3N2O. The van der Waals surface area contributed by atoms with Gasteiger partial charge in [0.15, 0.2) is 5.15 Å². The molecule has 2 rings (SSSR count). The number of halogens is 5. The average Bonchev–Trinajstić information content (AvgIpc) is 2.42. The summed E-state index contributed by atoms with van der Waals surface area (Å²) in [4.78, 5) is 16.0. The van der Waals surface area contributed by atoms with Gasteiger partial charge in [0, 0.05) is 16.6 Å². The Morgan fingerprint density at radius 1 is 1.43 bits per heavy atom. The maximum Gasteiger partial charge on any atom is 0.391 e. The van der Waals surface area contributed by atoms with Crippen molar-refractivity contribution in [3.8, 4) is 0 Å². The van der Waals surface area contributed by atoms with Gasteiger partial charge in [-0.15, -0.1) is 0 Å². The number of nitrogens with zero attached hydrogens (tertiary/aromatic N) is 1. The number of anilines is 1. The standard InChI is InChI=1S/C13H13BrClF3N2O/c14-9-5-10(11(15)19-6-9)20-12(21)7-2-1-3-8(4-7)13(16,17)18/h5-8H,1-4H2,(H,20,21). The summed E-state index contributed by atoms with van der Waals surface area (Å²) in [5.41, 5.74) is 0.296. The molecule has 1 N–H and O–H groups in total. The summed E-state index contributed by atoms with van der Waals surface area (Å²) in [6.45, 7) is 0. The molecule has 0 spiro atoms. The SMILES string of the molecule is O=C(Nc1cc(Br)cnc1Cl)C1CCCC(C(F)(F)F)C1. The number of carbonyl (C=O) groups is 1. The van der Waals surface area contributed by atoms with E-state index in [0.29, 0.717) is 23.0 Å². The number of pyridine rings is 1. The molecule has 0 radical (unpaired) electrons. The van der Waals surface area contributed by atoms with E-state index >= 15 is 0 Å². The van der Waals surface area contributed by atoms with Crippen LogP contribution in [0, 0.1) is 11.8 Å². The highest BCUT2D eigenvalue weighted by atomic mass is 79.9. The zero-order valence-electron chi connectivity index (χ0n) is 10.9. The van der Waals surface area contributed by atoms with Gasteiger partial charge in [0.1, 0.15) is 0 Å². The Balaban J connectivity index is 2.04. The predicted octanol–water partition coefficient (Wildman–Crippen LogP) is 4.80. The number of aromatic nitrogens is 1. The van der Waals surface area contributed by atoms with E-state index in [-0.39, 0.29) is 18.0 Å². The van der Waals surface area contributed by atoms with Crippen LogP contribution in [0.2, 0.25) is 5.15 Å². The molecule has 1 amide bonds. The Hall–Kier alpha value is -0.820. The topological polar surface area (TPSA) is 42.0 Å². The first-order chi connectivity index (χ1) is 9.77. The van der Waals surface area contributed by atoms with Crippen molar-refractivity contribution in [2.24, 2.45) is 11.8 Å². The Labute approximate surface area is 133 Å². The van der Waals surface area contributed by atoms with E-state index in [1.165, 1.54) is 6.20 Å². The highest BCUT2D eigenvalue weighted by Crippen LogP contribution is 2.40. The third-order valence-electron chi connectivity index (χ3n) is 3.57. The quantitative estimate of drug-likeness (QED) is 0.743. The number of hydrogen-bond acceptors (Lipinski definition) is 2. The van der Waals surface area contributed by atoms with Crippen molar-refractivity contribution in [1.29, 1.82) is 0 Å². The molecule has 1 aliphatic rings. The van der Waals surface area contributed by atoms with E-state index in [2.05, 4.69) is 26.2 Å².